The number of aromatic amines is 1. The molecule has 20 heavy (non-hydrogen) atoms. The van der Waals surface area contributed by atoms with Crippen LogP contribution in [0.5, 0.6) is 5.75 Å². The highest BCUT2D eigenvalue weighted by molar-refractivity contribution is 5.66. The number of ether oxygens (including phenoxy) is 1. The van der Waals surface area contributed by atoms with E-state index in [2.05, 4.69) is 23.8 Å². The Morgan fingerprint density at radius 3 is 2.75 bits per heavy atom. The van der Waals surface area contributed by atoms with Gasteiger partial charge in [0.05, 0.1) is 24.5 Å². The van der Waals surface area contributed by atoms with Gasteiger partial charge in [0.1, 0.15) is 11.6 Å². The molecule has 0 bridgehead atoms. The zero-order valence-electron chi connectivity index (χ0n) is 12.4. The molecule has 1 unspecified atom stereocenters. The highest BCUT2D eigenvalue weighted by atomic mass is 16.5. The Morgan fingerprint density at radius 1 is 1.30 bits per heavy atom. The number of para-hydroxylation sites is 1. The van der Waals surface area contributed by atoms with Crippen LogP contribution < -0.4 is 10.5 Å². The number of H-pyrrole nitrogens is 1. The molecule has 0 aliphatic heterocycles. The fraction of sp³-hybridized carbons (Fsp3) is 0.438. The number of benzene rings is 1. The van der Waals surface area contributed by atoms with Gasteiger partial charge in [-0.25, -0.2) is 4.98 Å². The van der Waals surface area contributed by atoms with E-state index in [-0.39, 0.29) is 6.04 Å². The zero-order valence-corrected chi connectivity index (χ0v) is 12.4. The summed E-state index contributed by atoms with van der Waals surface area (Å²) < 4.78 is 5.65. The number of nitrogens with one attached hydrogen (secondary N) is 1. The van der Waals surface area contributed by atoms with E-state index in [1.807, 2.05) is 37.4 Å². The molecule has 0 amide bonds. The van der Waals surface area contributed by atoms with Crippen LogP contribution in [0.2, 0.25) is 0 Å². The molecule has 0 aliphatic carbocycles. The Bertz CT molecular complexity index is 548. The van der Waals surface area contributed by atoms with Crippen LogP contribution in [0.3, 0.4) is 0 Å². The maximum Gasteiger partial charge on any atom is 0.128 e. The lowest BCUT2D eigenvalue weighted by Crippen LogP contribution is -2.14. The summed E-state index contributed by atoms with van der Waals surface area (Å²) in [6.45, 7) is 6.95. The van der Waals surface area contributed by atoms with Crippen molar-refractivity contribution in [2.75, 3.05) is 6.61 Å². The number of imidazole rings is 1. The van der Waals surface area contributed by atoms with E-state index in [1.165, 1.54) is 0 Å². The van der Waals surface area contributed by atoms with Gasteiger partial charge in [-0.05, 0) is 31.4 Å². The van der Waals surface area contributed by atoms with Gasteiger partial charge >= 0.3 is 0 Å². The molecule has 4 nitrogen and oxygen atoms in total. The average Bonchev–Trinajstić information content (AvgIpc) is 2.88. The van der Waals surface area contributed by atoms with Crippen LogP contribution in [-0.2, 0) is 0 Å². The topological polar surface area (TPSA) is 63.9 Å². The molecule has 0 saturated carbocycles. The van der Waals surface area contributed by atoms with Crippen LogP contribution in [0.1, 0.15) is 39.1 Å². The first-order valence-corrected chi connectivity index (χ1v) is 7.14. The lowest BCUT2D eigenvalue weighted by atomic mass is 10.0. The molecular weight excluding hydrogens is 250 g/mol. The van der Waals surface area contributed by atoms with E-state index < -0.39 is 0 Å². The third kappa shape index (κ3) is 3.39. The third-order valence-corrected chi connectivity index (χ3v) is 3.15. The van der Waals surface area contributed by atoms with Crippen molar-refractivity contribution in [3.63, 3.8) is 0 Å². The summed E-state index contributed by atoms with van der Waals surface area (Å²) in [5, 5.41) is 0. The molecule has 0 spiro atoms. The normalized spacial score (nSPS) is 12.7. The number of rotatable bonds is 6. The maximum absolute atomic E-state index is 6.16. The Kier molecular flexibility index (Phi) is 4.79. The van der Waals surface area contributed by atoms with Gasteiger partial charge in [0.2, 0.25) is 0 Å². The Labute approximate surface area is 120 Å². The van der Waals surface area contributed by atoms with Gasteiger partial charge in [-0.15, -0.1) is 0 Å². The van der Waals surface area contributed by atoms with Crippen molar-refractivity contribution >= 4 is 0 Å². The lowest BCUT2D eigenvalue weighted by Gasteiger charge is -2.11. The molecule has 4 heteroatoms. The molecule has 1 aromatic carbocycles. The molecule has 0 fully saturated rings. The summed E-state index contributed by atoms with van der Waals surface area (Å²) in [6, 6.07) is 7.90. The number of aromatic nitrogens is 2. The number of nitrogens with zero attached hydrogens (tertiary/aromatic N) is 1. The number of hydrogen-bond acceptors (Lipinski definition) is 3. The van der Waals surface area contributed by atoms with E-state index in [4.69, 9.17) is 10.5 Å². The van der Waals surface area contributed by atoms with E-state index in [1.54, 1.807) is 0 Å². The third-order valence-electron chi connectivity index (χ3n) is 3.15. The summed E-state index contributed by atoms with van der Waals surface area (Å²) >= 11 is 0. The first-order chi connectivity index (χ1) is 9.61. The van der Waals surface area contributed by atoms with Crippen molar-refractivity contribution < 1.29 is 4.74 Å². The highest BCUT2D eigenvalue weighted by Crippen LogP contribution is 2.29. The second-order valence-electron chi connectivity index (χ2n) is 5.35. The van der Waals surface area contributed by atoms with Crippen molar-refractivity contribution in [3.8, 4) is 17.0 Å². The Balaban J connectivity index is 2.24. The number of hydrogen-bond donors (Lipinski definition) is 2. The second-order valence-corrected chi connectivity index (χ2v) is 5.35. The predicted molar refractivity (Wildman–Crippen MR) is 81.6 cm³/mol. The molecule has 1 aromatic heterocycles. The monoisotopic (exact) mass is 273 g/mol. The highest BCUT2D eigenvalue weighted by Gasteiger charge is 2.14. The van der Waals surface area contributed by atoms with E-state index in [0.29, 0.717) is 12.5 Å². The summed E-state index contributed by atoms with van der Waals surface area (Å²) in [7, 11) is 0. The minimum atomic E-state index is -0.0528. The van der Waals surface area contributed by atoms with Crippen LogP contribution in [0.4, 0.5) is 0 Å². The molecular formula is C16H23N3O. The Hall–Kier alpha value is -1.81. The SMILES string of the molecule is CCOc1ccccc1-c1cnc(C(N)CC(C)C)[nH]1. The number of nitrogens with two attached hydrogens (primary N) is 1. The lowest BCUT2D eigenvalue weighted by molar-refractivity contribution is 0.341. The fourth-order valence-electron chi connectivity index (χ4n) is 2.25. The second kappa shape index (κ2) is 6.57. The predicted octanol–water partition coefficient (Wildman–Crippen LogP) is 3.52. The van der Waals surface area contributed by atoms with E-state index >= 15 is 0 Å². The van der Waals surface area contributed by atoms with Crippen LogP contribution in [0.25, 0.3) is 11.3 Å². The van der Waals surface area contributed by atoms with Gasteiger partial charge in [0.25, 0.3) is 0 Å². The maximum atomic E-state index is 6.16. The van der Waals surface area contributed by atoms with Gasteiger partial charge in [-0.2, -0.15) is 0 Å². The van der Waals surface area contributed by atoms with Crippen LogP contribution >= 0.6 is 0 Å². The van der Waals surface area contributed by atoms with Crippen molar-refractivity contribution in [3.05, 3.63) is 36.3 Å². The van der Waals surface area contributed by atoms with Gasteiger partial charge in [-0.1, -0.05) is 26.0 Å². The first-order valence-electron chi connectivity index (χ1n) is 7.14. The smallest absolute Gasteiger partial charge is 0.128 e. The molecule has 0 saturated heterocycles. The molecule has 2 rings (SSSR count). The summed E-state index contributed by atoms with van der Waals surface area (Å²) in [5.74, 6) is 2.25. The van der Waals surface area contributed by atoms with Crippen molar-refractivity contribution in [1.29, 1.82) is 0 Å². The van der Waals surface area contributed by atoms with Crippen molar-refractivity contribution in [1.82, 2.24) is 9.97 Å². The molecule has 2 aromatic rings. The summed E-state index contributed by atoms with van der Waals surface area (Å²) in [5.41, 5.74) is 8.12. The molecule has 108 valence electrons. The molecule has 1 heterocycles. The van der Waals surface area contributed by atoms with Gasteiger partial charge in [0, 0.05) is 5.56 Å². The van der Waals surface area contributed by atoms with Gasteiger partial charge in [0.15, 0.2) is 0 Å². The molecule has 3 N–H and O–H groups in total. The largest absolute Gasteiger partial charge is 0.493 e. The van der Waals surface area contributed by atoms with Gasteiger partial charge < -0.3 is 15.5 Å². The molecule has 0 aliphatic rings. The van der Waals surface area contributed by atoms with Gasteiger partial charge in [-0.3, -0.25) is 0 Å². The fourth-order valence-corrected chi connectivity index (χ4v) is 2.25. The van der Waals surface area contributed by atoms with Crippen LogP contribution in [-0.4, -0.2) is 16.6 Å². The van der Waals surface area contributed by atoms with E-state index in [0.717, 1.165) is 29.3 Å². The minimum absolute atomic E-state index is 0.0528. The van der Waals surface area contributed by atoms with Crippen molar-refractivity contribution in [2.45, 2.75) is 33.2 Å². The standard InChI is InChI=1S/C16H23N3O/c1-4-20-15-8-6-5-7-12(15)14-10-18-16(19-14)13(17)9-11(2)3/h5-8,10-11,13H,4,9,17H2,1-3H3,(H,18,19). The van der Waals surface area contributed by atoms with Crippen LogP contribution in [0, 0.1) is 5.92 Å². The first kappa shape index (κ1) is 14.6. The van der Waals surface area contributed by atoms with Crippen molar-refractivity contribution in [2.24, 2.45) is 11.7 Å². The van der Waals surface area contributed by atoms with E-state index in [9.17, 15) is 0 Å². The quantitative estimate of drug-likeness (QED) is 0.846. The minimum Gasteiger partial charge on any atom is -0.493 e. The summed E-state index contributed by atoms with van der Waals surface area (Å²) in [4.78, 5) is 7.73. The molecule has 1 atom stereocenters. The zero-order chi connectivity index (χ0) is 14.5. The average molecular weight is 273 g/mol. The molecule has 0 radical (unpaired) electrons. The van der Waals surface area contributed by atoms with Crippen LogP contribution in [0.15, 0.2) is 30.5 Å². The Morgan fingerprint density at radius 2 is 2.05 bits per heavy atom. The summed E-state index contributed by atoms with van der Waals surface area (Å²) in [6.07, 6.45) is 2.74.